The van der Waals surface area contributed by atoms with Crippen molar-refractivity contribution in [3.05, 3.63) is 0 Å². The molecule has 0 amide bonds. The molecule has 1 nitrogen and oxygen atoms in total. The Morgan fingerprint density at radius 1 is 1.07 bits per heavy atom. The maximum absolute atomic E-state index is 3.53. The molecule has 0 heterocycles. The molecule has 0 fully saturated rings. The van der Waals surface area contributed by atoms with Gasteiger partial charge in [-0.2, -0.15) is 0 Å². The summed E-state index contributed by atoms with van der Waals surface area (Å²) in [5.41, 5.74) is 0.284. The van der Waals surface area contributed by atoms with Crippen LogP contribution in [0.4, 0.5) is 0 Å². The van der Waals surface area contributed by atoms with E-state index in [1.54, 1.807) is 0 Å². The van der Waals surface area contributed by atoms with Gasteiger partial charge in [0.05, 0.1) is 0 Å². The predicted molar refractivity (Wildman–Crippen MR) is 65.7 cm³/mol. The average molecular weight is 199 g/mol. The zero-order valence-electron chi connectivity index (χ0n) is 10.8. The van der Waals surface area contributed by atoms with Crippen LogP contribution < -0.4 is 5.32 Å². The smallest absolute Gasteiger partial charge is 0.00965 e. The van der Waals surface area contributed by atoms with Gasteiger partial charge < -0.3 is 5.32 Å². The Balaban J connectivity index is 3.27. The van der Waals surface area contributed by atoms with E-state index in [-0.39, 0.29) is 5.54 Å². The maximum atomic E-state index is 3.53. The summed E-state index contributed by atoms with van der Waals surface area (Å²) in [6, 6.07) is 0. The van der Waals surface area contributed by atoms with Gasteiger partial charge in [0.1, 0.15) is 0 Å². The molecule has 0 bridgehead atoms. The molecule has 0 rings (SSSR count). The number of hydrogen-bond acceptors (Lipinski definition) is 1. The second-order valence-electron chi connectivity index (χ2n) is 5.57. The maximum Gasteiger partial charge on any atom is 0.00965 e. The highest BCUT2D eigenvalue weighted by Crippen LogP contribution is 2.13. The van der Waals surface area contributed by atoms with E-state index in [1.807, 2.05) is 0 Å². The molecule has 1 atom stereocenters. The van der Waals surface area contributed by atoms with Crippen LogP contribution >= 0.6 is 0 Å². The minimum Gasteiger partial charge on any atom is -0.312 e. The topological polar surface area (TPSA) is 12.0 Å². The highest BCUT2D eigenvalue weighted by molar-refractivity contribution is 4.69. The van der Waals surface area contributed by atoms with Gasteiger partial charge in [0.15, 0.2) is 0 Å². The summed E-state index contributed by atoms with van der Waals surface area (Å²) in [4.78, 5) is 0. The number of rotatable bonds is 7. The molecule has 1 N–H and O–H groups in total. The zero-order chi connectivity index (χ0) is 11.0. The fourth-order valence-electron chi connectivity index (χ4n) is 1.61. The Morgan fingerprint density at radius 2 is 1.64 bits per heavy atom. The summed E-state index contributed by atoms with van der Waals surface area (Å²) < 4.78 is 0. The number of hydrogen-bond donors (Lipinski definition) is 1. The molecular weight excluding hydrogens is 170 g/mol. The molecule has 0 saturated carbocycles. The standard InChI is InChI=1S/C13H29N/c1-6-7-9-12(2)10-8-11-14-13(3,4)5/h12,14H,6-11H2,1-5H3. The van der Waals surface area contributed by atoms with Gasteiger partial charge in [0, 0.05) is 5.54 Å². The highest BCUT2D eigenvalue weighted by atomic mass is 14.9. The monoisotopic (exact) mass is 199 g/mol. The van der Waals surface area contributed by atoms with E-state index >= 15 is 0 Å². The molecule has 0 aromatic rings. The molecule has 0 aromatic carbocycles. The van der Waals surface area contributed by atoms with Crippen LogP contribution in [0.5, 0.6) is 0 Å². The third-order valence-electron chi connectivity index (χ3n) is 2.58. The summed E-state index contributed by atoms with van der Waals surface area (Å²) in [6.45, 7) is 12.5. The second-order valence-corrected chi connectivity index (χ2v) is 5.57. The molecule has 0 saturated heterocycles. The van der Waals surface area contributed by atoms with Crippen LogP contribution in [0.1, 0.15) is 66.7 Å². The Labute approximate surface area is 90.7 Å². The van der Waals surface area contributed by atoms with Crippen LogP contribution in [0.3, 0.4) is 0 Å². The highest BCUT2D eigenvalue weighted by Gasteiger charge is 2.08. The lowest BCUT2D eigenvalue weighted by atomic mass is 9.98. The zero-order valence-corrected chi connectivity index (χ0v) is 10.8. The van der Waals surface area contributed by atoms with E-state index in [0.29, 0.717) is 0 Å². The van der Waals surface area contributed by atoms with Crippen LogP contribution in [0.25, 0.3) is 0 Å². The van der Waals surface area contributed by atoms with Crippen LogP contribution in [0, 0.1) is 5.92 Å². The van der Waals surface area contributed by atoms with Crippen LogP contribution in [0.2, 0.25) is 0 Å². The van der Waals surface area contributed by atoms with Crippen molar-refractivity contribution in [1.82, 2.24) is 5.32 Å². The van der Waals surface area contributed by atoms with E-state index in [9.17, 15) is 0 Å². The van der Waals surface area contributed by atoms with Crippen molar-refractivity contribution in [3.63, 3.8) is 0 Å². The normalized spacial score (nSPS) is 14.4. The van der Waals surface area contributed by atoms with Crippen molar-refractivity contribution in [2.45, 2.75) is 72.3 Å². The molecule has 0 radical (unpaired) electrons. The third kappa shape index (κ3) is 10.0. The van der Waals surface area contributed by atoms with E-state index < -0.39 is 0 Å². The minimum atomic E-state index is 0.284. The van der Waals surface area contributed by atoms with Crippen molar-refractivity contribution in [2.75, 3.05) is 6.54 Å². The Kier molecular flexibility index (Phi) is 7.26. The Hall–Kier alpha value is -0.0400. The van der Waals surface area contributed by atoms with E-state index in [0.717, 1.165) is 5.92 Å². The molecule has 0 aliphatic carbocycles. The van der Waals surface area contributed by atoms with Crippen molar-refractivity contribution in [1.29, 1.82) is 0 Å². The molecule has 0 aromatic heterocycles. The minimum absolute atomic E-state index is 0.284. The van der Waals surface area contributed by atoms with Gasteiger partial charge in [-0.1, -0.05) is 33.1 Å². The average Bonchev–Trinajstić information content (AvgIpc) is 2.07. The second kappa shape index (κ2) is 7.28. The third-order valence-corrected chi connectivity index (χ3v) is 2.58. The first kappa shape index (κ1) is 14.0. The van der Waals surface area contributed by atoms with Gasteiger partial charge in [-0.3, -0.25) is 0 Å². The lowest BCUT2D eigenvalue weighted by Crippen LogP contribution is -2.36. The molecule has 0 aliphatic heterocycles. The Bertz CT molecular complexity index is 124. The van der Waals surface area contributed by atoms with Gasteiger partial charge >= 0.3 is 0 Å². The predicted octanol–water partition coefficient (Wildman–Crippen LogP) is 3.98. The van der Waals surface area contributed by atoms with Gasteiger partial charge in [0.2, 0.25) is 0 Å². The molecule has 0 spiro atoms. The largest absolute Gasteiger partial charge is 0.312 e. The van der Waals surface area contributed by atoms with Crippen molar-refractivity contribution >= 4 is 0 Å². The quantitative estimate of drug-likeness (QED) is 0.612. The first-order chi connectivity index (χ1) is 6.45. The summed E-state index contributed by atoms with van der Waals surface area (Å²) >= 11 is 0. The number of unbranched alkanes of at least 4 members (excludes halogenated alkanes) is 1. The van der Waals surface area contributed by atoms with E-state index in [4.69, 9.17) is 0 Å². The van der Waals surface area contributed by atoms with Crippen LogP contribution in [-0.4, -0.2) is 12.1 Å². The van der Waals surface area contributed by atoms with Crippen LogP contribution in [0.15, 0.2) is 0 Å². The first-order valence-corrected chi connectivity index (χ1v) is 6.20. The van der Waals surface area contributed by atoms with Crippen LogP contribution in [-0.2, 0) is 0 Å². The molecule has 86 valence electrons. The fourth-order valence-corrected chi connectivity index (χ4v) is 1.61. The fraction of sp³-hybridized carbons (Fsp3) is 1.00. The SMILES string of the molecule is CCCCC(C)CCCNC(C)(C)C. The summed E-state index contributed by atoms with van der Waals surface area (Å²) in [6.07, 6.45) is 6.84. The van der Waals surface area contributed by atoms with E-state index in [1.165, 1.54) is 38.6 Å². The number of nitrogens with one attached hydrogen (secondary N) is 1. The molecule has 0 aliphatic rings. The van der Waals surface area contributed by atoms with Gasteiger partial charge in [0.25, 0.3) is 0 Å². The van der Waals surface area contributed by atoms with Gasteiger partial charge in [-0.15, -0.1) is 0 Å². The molecular formula is C13H29N. The molecule has 1 heteroatoms. The van der Waals surface area contributed by atoms with Crippen molar-refractivity contribution < 1.29 is 0 Å². The van der Waals surface area contributed by atoms with Crippen molar-refractivity contribution in [2.24, 2.45) is 5.92 Å². The first-order valence-electron chi connectivity index (χ1n) is 6.20. The van der Waals surface area contributed by atoms with E-state index in [2.05, 4.69) is 39.9 Å². The lowest BCUT2D eigenvalue weighted by Gasteiger charge is -2.21. The summed E-state index contributed by atoms with van der Waals surface area (Å²) in [5, 5.41) is 3.53. The summed E-state index contributed by atoms with van der Waals surface area (Å²) in [5.74, 6) is 0.914. The van der Waals surface area contributed by atoms with Crippen molar-refractivity contribution in [3.8, 4) is 0 Å². The molecule has 1 unspecified atom stereocenters. The summed E-state index contributed by atoms with van der Waals surface area (Å²) in [7, 11) is 0. The van der Waals surface area contributed by atoms with Gasteiger partial charge in [-0.25, -0.2) is 0 Å². The Morgan fingerprint density at radius 3 is 2.14 bits per heavy atom. The molecule has 14 heavy (non-hydrogen) atoms. The lowest BCUT2D eigenvalue weighted by molar-refractivity contribution is 0.392. The van der Waals surface area contributed by atoms with Gasteiger partial charge in [-0.05, 0) is 46.1 Å².